The topological polar surface area (TPSA) is 44.8 Å². The Kier molecular flexibility index (Phi) is 22.1. The lowest BCUT2D eigenvalue weighted by Crippen LogP contribution is -2.17. The Morgan fingerprint density at radius 3 is 1.57 bits per heavy atom. The molecule has 0 aliphatic heterocycles. The van der Waals surface area contributed by atoms with Crippen LogP contribution in [0.25, 0.3) is 11.1 Å². The van der Waals surface area contributed by atoms with Gasteiger partial charge in [-0.05, 0) is 73.6 Å². The summed E-state index contributed by atoms with van der Waals surface area (Å²) in [6.07, 6.45) is 27.1. The molecule has 2 unspecified atom stereocenters. The van der Waals surface area contributed by atoms with Crippen LogP contribution in [-0.4, -0.2) is 18.7 Å². The highest BCUT2D eigenvalue weighted by Gasteiger charge is 2.17. The van der Waals surface area contributed by atoms with Gasteiger partial charge < -0.3 is 14.2 Å². The monoisotopic (exact) mass is 699 g/mol. The van der Waals surface area contributed by atoms with Gasteiger partial charge >= 0.3 is 5.97 Å². The smallest absolute Gasteiger partial charge is 0.343 e. The van der Waals surface area contributed by atoms with Crippen LogP contribution in [0.2, 0.25) is 0 Å². The molecule has 0 saturated heterocycles. The van der Waals surface area contributed by atoms with Crippen molar-refractivity contribution in [3.05, 3.63) is 83.9 Å². The molecular formula is C47H70O4. The Labute approximate surface area is 312 Å². The second-order valence-electron chi connectivity index (χ2n) is 14.5. The fourth-order valence-electron chi connectivity index (χ4n) is 6.75. The number of carbonyl (C=O) groups excluding carboxylic acids is 1. The minimum Gasteiger partial charge on any atom is -0.487 e. The van der Waals surface area contributed by atoms with Gasteiger partial charge in [0.2, 0.25) is 0 Å². The maximum absolute atomic E-state index is 13.2. The maximum Gasteiger partial charge on any atom is 0.343 e. The molecule has 0 bridgehead atoms. The Morgan fingerprint density at radius 2 is 1.02 bits per heavy atom. The minimum absolute atomic E-state index is 0.0727. The van der Waals surface area contributed by atoms with E-state index < -0.39 is 0 Å². The van der Waals surface area contributed by atoms with E-state index >= 15 is 0 Å². The summed E-state index contributed by atoms with van der Waals surface area (Å²) in [5.74, 6) is 0.732. The summed E-state index contributed by atoms with van der Waals surface area (Å²) in [6.45, 7) is 9.68. The third-order valence-electron chi connectivity index (χ3n) is 10.0. The van der Waals surface area contributed by atoms with Crippen LogP contribution in [0, 0.1) is 0 Å². The molecular weight excluding hydrogens is 629 g/mol. The standard InChI is InChI=1S/C47H70O4/c1-5-8-10-12-14-15-16-17-18-19-21-25-38-49-39(4)40-30-32-41(33-31-40)42-34-36-43(37-35-42)47(48)51-46-29-24-23-28-45(46)50-44(26-7-3)27-22-20-13-11-9-6-2/h23-24,28-37,39,44H,5-22,25-27,38H2,1-4H3. The lowest BCUT2D eigenvalue weighted by Gasteiger charge is -2.20. The minimum atomic E-state index is -0.380. The van der Waals surface area contributed by atoms with Crippen LogP contribution in [0.15, 0.2) is 72.8 Å². The van der Waals surface area contributed by atoms with Crippen LogP contribution in [0.5, 0.6) is 11.5 Å². The van der Waals surface area contributed by atoms with Gasteiger partial charge in [-0.2, -0.15) is 0 Å². The van der Waals surface area contributed by atoms with E-state index in [1.807, 2.05) is 48.5 Å². The van der Waals surface area contributed by atoms with Crippen LogP contribution >= 0.6 is 0 Å². The molecule has 0 aliphatic carbocycles. The highest BCUT2D eigenvalue weighted by Crippen LogP contribution is 2.31. The molecule has 51 heavy (non-hydrogen) atoms. The van der Waals surface area contributed by atoms with E-state index in [2.05, 4.69) is 52.0 Å². The predicted octanol–water partition coefficient (Wildman–Crippen LogP) is 14.6. The molecule has 282 valence electrons. The van der Waals surface area contributed by atoms with Crippen molar-refractivity contribution in [1.29, 1.82) is 0 Å². The van der Waals surface area contributed by atoms with Gasteiger partial charge in [-0.15, -0.1) is 0 Å². The van der Waals surface area contributed by atoms with Crippen LogP contribution in [-0.2, 0) is 4.74 Å². The van der Waals surface area contributed by atoms with Crippen molar-refractivity contribution in [2.45, 2.75) is 175 Å². The summed E-state index contributed by atoms with van der Waals surface area (Å²) < 4.78 is 18.5. The second-order valence-corrected chi connectivity index (χ2v) is 14.5. The van der Waals surface area contributed by atoms with E-state index in [0.29, 0.717) is 17.1 Å². The first kappa shape index (κ1) is 42.3. The van der Waals surface area contributed by atoms with E-state index in [0.717, 1.165) is 49.8 Å². The van der Waals surface area contributed by atoms with Gasteiger partial charge in [0.15, 0.2) is 11.5 Å². The third kappa shape index (κ3) is 17.3. The Bertz CT molecular complexity index is 1300. The molecule has 4 heteroatoms. The SMILES string of the molecule is CCCCCCCCCCCCCCOC(C)c1ccc(-c2ccc(C(=O)Oc3ccccc3OC(CCC)CCCCCCCC)cc2)cc1. The summed E-state index contributed by atoms with van der Waals surface area (Å²) in [7, 11) is 0. The number of para-hydroxylation sites is 2. The van der Waals surface area contributed by atoms with Crippen molar-refractivity contribution >= 4 is 5.97 Å². The Morgan fingerprint density at radius 1 is 0.529 bits per heavy atom. The molecule has 0 heterocycles. The summed E-state index contributed by atoms with van der Waals surface area (Å²) in [5, 5.41) is 0. The Balaban J connectivity index is 1.40. The van der Waals surface area contributed by atoms with Crippen LogP contribution in [0.3, 0.4) is 0 Å². The van der Waals surface area contributed by atoms with E-state index in [4.69, 9.17) is 14.2 Å². The first-order valence-corrected chi connectivity index (χ1v) is 20.9. The first-order chi connectivity index (χ1) is 25.0. The first-order valence-electron chi connectivity index (χ1n) is 20.9. The quantitative estimate of drug-likeness (QED) is 0.0411. The third-order valence-corrected chi connectivity index (χ3v) is 10.0. The predicted molar refractivity (Wildman–Crippen MR) is 216 cm³/mol. The molecule has 0 fully saturated rings. The summed E-state index contributed by atoms with van der Waals surface area (Å²) in [6, 6.07) is 23.8. The zero-order valence-electron chi connectivity index (χ0n) is 32.8. The molecule has 0 aromatic heterocycles. The van der Waals surface area contributed by atoms with Crippen molar-refractivity contribution in [2.24, 2.45) is 0 Å². The zero-order valence-corrected chi connectivity index (χ0v) is 32.8. The fourth-order valence-corrected chi connectivity index (χ4v) is 6.75. The normalized spacial score (nSPS) is 12.5. The number of hydrogen-bond donors (Lipinski definition) is 0. The molecule has 0 amide bonds. The van der Waals surface area contributed by atoms with Gasteiger partial charge in [0, 0.05) is 6.61 Å². The number of ether oxygens (including phenoxy) is 3. The van der Waals surface area contributed by atoms with E-state index in [9.17, 15) is 4.79 Å². The summed E-state index contributed by atoms with van der Waals surface area (Å²) in [5.41, 5.74) is 3.87. The van der Waals surface area contributed by atoms with Gasteiger partial charge in [-0.3, -0.25) is 0 Å². The van der Waals surface area contributed by atoms with Gasteiger partial charge in [0.25, 0.3) is 0 Å². The molecule has 3 aromatic rings. The molecule has 0 N–H and O–H groups in total. The average Bonchev–Trinajstić information content (AvgIpc) is 3.15. The summed E-state index contributed by atoms with van der Waals surface area (Å²) in [4.78, 5) is 13.2. The van der Waals surface area contributed by atoms with Crippen molar-refractivity contribution in [3.8, 4) is 22.6 Å². The molecule has 3 aromatic carbocycles. The highest BCUT2D eigenvalue weighted by molar-refractivity contribution is 5.92. The van der Waals surface area contributed by atoms with E-state index in [-0.39, 0.29) is 18.2 Å². The second kappa shape index (κ2) is 26.6. The van der Waals surface area contributed by atoms with Crippen molar-refractivity contribution in [2.75, 3.05) is 6.61 Å². The molecule has 0 saturated carbocycles. The molecule has 0 spiro atoms. The van der Waals surface area contributed by atoms with Crippen LogP contribution in [0.1, 0.15) is 185 Å². The lowest BCUT2D eigenvalue weighted by atomic mass is 10.0. The number of carbonyl (C=O) groups is 1. The van der Waals surface area contributed by atoms with Crippen molar-refractivity contribution < 1.29 is 19.0 Å². The molecule has 3 rings (SSSR count). The largest absolute Gasteiger partial charge is 0.487 e. The van der Waals surface area contributed by atoms with Gasteiger partial charge in [0.05, 0.1) is 17.8 Å². The lowest BCUT2D eigenvalue weighted by molar-refractivity contribution is 0.0627. The van der Waals surface area contributed by atoms with Crippen molar-refractivity contribution in [3.63, 3.8) is 0 Å². The van der Waals surface area contributed by atoms with Gasteiger partial charge in [-0.1, -0.05) is 178 Å². The van der Waals surface area contributed by atoms with E-state index in [1.54, 1.807) is 0 Å². The Hall–Kier alpha value is -3.11. The molecule has 0 radical (unpaired) electrons. The number of rotatable bonds is 29. The maximum atomic E-state index is 13.2. The molecule has 2 atom stereocenters. The van der Waals surface area contributed by atoms with E-state index in [1.165, 1.54) is 108 Å². The molecule has 4 nitrogen and oxygen atoms in total. The number of hydrogen-bond acceptors (Lipinski definition) is 4. The summed E-state index contributed by atoms with van der Waals surface area (Å²) >= 11 is 0. The zero-order chi connectivity index (χ0) is 36.4. The number of benzene rings is 3. The number of esters is 1. The highest BCUT2D eigenvalue weighted by atomic mass is 16.6. The van der Waals surface area contributed by atoms with Crippen LogP contribution < -0.4 is 9.47 Å². The van der Waals surface area contributed by atoms with Crippen LogP contribution in [0.4, 0.5) is 0 Å². The fraction of sp³-hybridized carbons (Fsp3) is 0.596. The van der Waals surface area contributed by atoms with Gasteiger partial charge in [0.1, 0.15) is 0 Å². The number of unbranched alkanes of at least 4 members (excludes halogenated alkanes) is 16. The molecule has 0 aliphatic rings. The average molecular weight is 699 g/mol. The van der Waals surface area contributed by atoms with Crippen molar-refractivity contribution in [1.82, 2.24) is 0 Å². The van der Waals surface area contributed by atoms with Gasteiger partial charge in [-0.25, -0.2) is 4.79 Å².